The fourth-order valence-electron chi connectivity index (χ4n) is 4.50. The van der Waals surface area contributed by atoms with E-state index < -0.39 is 0 Å². The largest absolute Gasteiger partial charge is 0.369 e. The molecular formula is C21H26N4O3. The molecule has 4 rings (SSSR count). The molecule has 0 unspecified atom stereocenters. The van der Waals surface area contributed by atoms with Crippen LogP contribution < -0.4 is 5.73 Å². The number of carbonyl (C=O) groups is 2. The fraction of sp³-hybridized carbons (Fsp3) is 0.476. The molecular weight excluding hydrogens is 356 g/mol. The van der Waals surface area contributed by atoms with Crippen molar-refractivity contribution in [1.29, 1.82) is 0 Å². The second kappa shape index (κ2) is 7.05. The highest BCUT2D eigenvalue weighted by atomic mass is 16.5. The van der Waals surface area contributed by atoms with Crippen molar-refractivity contribution in [2.45, 2.75) is 51.9 Å². The molecule has 1 aromatic heterocycles. The number of ether oxygens (including phenoxy) is 1. The molecule has 2 aromatic rings. The Labute approximate surface area is 164 Å². The maximum Gasteiger partial charge on any atom is 0.272 e. The van der Waals surface area contributed by atoms with E-state index in [9.17, 15) is 9.59 Å². The minimum atomic E-state index is -0.334. The van der Waals surface area contributed by atoms with Crippen molar-refractivity contribution >= 4 is 11.8 Å². The Morgan fingerprint density at radius 3 is 2.82 bits per heavy atom. The van der Waals surface area contributed by atoms with Gasteiger partial charge in [-0.1, -0.05) is 18.2 Å². The van der Waals surface area contributed by atoms with Gasteiger partial charge in [0.05, 0.1) is 24.3 Å². The van der Waals surface area contributed by atoms with E-state index in [1.54, 1.807) is 4.68 Å². The second-order valence-corrected chi connectivity index (χ2v) is 7.80. The van der Waals surface area contributed by atoms with E-state index in [2.05, 4.69) is 5.10 Å². The minimum Gasteiger partial charge on any atom is -0.369 e. The third kappa shape index (κ3) is 3.20. The average molecular weight is 382 g/mol. The predicted octanol–water partition coefficient (Wildman–Crippen LogP) is 1.67. The SMILES string of the molecule is C[C@@H]1Cc2c(nn(C)c2C(=O)N2CCc3c(CC(N)=O)cccc3C2)[C@H](C)O1. The molecule has 2 N–H and O–H groups in total. The molecule has 7 heteroatoms. The van der Waals surface area contributed by atoms with Crippen LogP contribution in [-0.2, 0) is 42.4 Å². The number of benzene rings is 1. The lowest BCUT2D eigenvalue weighted by atomic mass is 9.92. The molecule has 0 saturated carbocycles. The van der Waals surface area contributed by atoms with E-state index in [-0.39, 0.29) is 30.4 Å². The minimum absolute atomic E-state index is 0.00324. The van der Waals surface area contributed by atoms with Gasteiger partial charge in [0.15, 0.2) is 0 Å². The quantitative estimate of drug-likeness (QED) is 0.874. The third-order valence-corrected chi connectivity index (χ3v) is 5.71. The first-order valence-electron chi connectivity index (χ1n) is 9.73. The van der Waals surface area contributed by atoms with Gasteiger partial charge in [-0.2, -0.15) is 5.10 Å². The summed E-state index contributed by atoms with van der Waals surface area (Å²) in [6.07, 6.45) is 1.62. The molecule has 0 fully saturated rings. The molecule has 0 radical (unpaired) electrons. The number of aromatic nitrogens is 2. The van der Waals surface area contributed by atoms with E-state index in [1.807, 2.05) is 44.0 Å². The summed E-state index contributed by atoms with van der Waals surface area (Å²) in [5.74, 6) is -0.331. The third-order valence-electron chi connectivity index (χ3n) is 5.71. The van der Waals surface area contributed by atoms with Gasteiger partial charge >= 0.3 is 0 Å². The van der Waals surface area contributed by atoms with Gasteiger partial charge in [0.1, 0.15) is 5.69 Å². The lowest BCUT2D eigenvalue weighted by Crippen LogP contribution is -2.38. The highest BCUT2D eigenvalue weighted by Gasteiger charge is 2.34. The Hall–Kier alpha value is -2.67. The molecule has 0 bridgehead atoms. The number of fused-ring (bicyclic) bond motifs is 2. The summed E-state index contributed by atoms with van der Waals surface area (Å²) < 4.78 is 7.56. The summed E-state index contributed by atoms with van der Waals surface area (Å²) in [6.45, 7) is 5.15. The molecule has 3 heterocycles. The van der Waals surface area contributed by atoms with Gasteiger partial charge in [-0.3, -0.25) is 14.3 Å². The van der Waals surface area contributed by atoms with E-state index in [0.717, 1.165) is 34.4 Å². The number of rotatable bonds is 3. The van der Waals surface area contributed by atoms with Crippen molar-refractivity contribution in [3.05, 3.63) is 51.8 Å². The molecule has 2 amide bonds. The van der Waals surface area contributed by atoms with Crippen LogP contribution in [0.15, 0.2) is 18.2 Å². The molecule has 148 valence electrons. The average Bonchev–Trinajstić information content (AvgIpc) is 2.97. The van der Waals surface area contributed by atoms with E-state index in [4.69, 9.17) is 10.5 Å². The Morgan fingerprint density at radius 2 is 2.07 bits per heavy atom. The van der Waals surface area contributed by atoms with Crippen molar-refractivity contribution in [2.75, 3.05) is 6.54 Å². The maximum atomic E-state index is 13.4. The van der Waals surface area contributed by atoms with Gasteiger partial charge < -0.3 is 15.4 Å². The summed E-state index contributed by atoms with van der Waals surface area (Å²) in [7, 11) is 1.83. The van der Waals surface area contributed by atoms with E-state index in [0.29, 0.717) is 25.2 Å². The molecule has 2 aliphatic rings. The monoisotopic (exact) mass is 382 g/mol. The number of nitrogens with zero attached hydrogens (tertiary/aromatic N) is 3. The highest BCUT2D eigenvalue weighted by molar-refractivity contribution is 5.94. The van der Waals surface area contributed by atoms with Gasteiger partial charge in [-0.25, -0.2) is 0 Å². The summed E-state index contributed by atoms with van der Waals surface area (Å²) >= 11 is 0. The number of hydrogen-bond acceptors (Lipinski definition) is 4. The topological polar surface area (TPSA) is 90.5 Å². The zero-order valence-electron chi connectivity index (χ0n) is 16.6. The number of hydrogen-bond donors (Lipinski definition) is 1. The highest BCUT2D eigenvalue weighted by Crippen LogP contribution is 2.32. The van der Waals surface area contributed by atoms with Crippen LogP contribution in [0.1, 0.15) is 58.4 Å². The van der Waals surface area contributed by atoms with Crippen LogP contribution >= 0.6 is 0 Å². The molecule has 0 saturated heterocycles. The summed E-state index contributed by atoms with van der Waals surface area (Å²) in [5, 5.41) is 4.57. The number of amides is 2. The van der Waals surface area contributed by atoms with Gasteiger partial charge in [0.2, 0.25) is 5.91 Å². The number of aryl methyl sites for hydroxylation is 1. The van der Waals surface area contributed by atoms with Gasteiger partial charge in [0.25, 0.3) is 5.91 Å². The first-order valence-corrected chi connectivity index (χ1v) is 9.73. The van der Waals surface area contributed by atoms with Gasteiger partial charge in [-0.05, 0) is 37.0 Å². The van der Waals surface area contributed by atoms with Crippen molar-refractivity contribution in [2.24, 2.45) is 12.8 Å². The van der Waals surface area contributed by atoms with Crippen LogP contribution in [0.2, 0.25) is 0 Å². The van der Waals surface area contributed by atoms with E-state index >= 15 is 0 Å². The number of primary amides is 1. The molecule has 7 nitrogen and oxygen atoms in total. The molecule has 28 heavy (non-hydrogen) atoms. The smallest absolute Gasteiger partial charge is 0.272 e. The zero-order chi connectivity index (χ0) is 20.0. The molecule has 0 aliphatic carbocycles. The maximum absolute atomic E-state index is 13.4. The summed E-state index contributed by atoms with van der Waals surface area (Å²) in [5.41, 5.74) is 11.1. The Balaban J connectivity index is 1.63. The normalized spacial score (nSPS) is 21.2. The van der Waals surface area contributed by atoms with Crippen LogP contribution in [0.5, 0.6) is 0 Å². The summed E-state index contributed by atoms with van der Waals surface area (Å²) in [6, 6.07) is 5.90. The van der Waals surface area contributed by atoms with Crippen molar-refractivity contribution < 1.29 is 14.3 Å². The van der Waals surface area contributed by atoms with E-state index in [1.165, 1.54) is 0 Å². The second-order valence-electron chi connectivity index (χ2n) is 7.80. The molecule has 2 aliphatic heterocycles. The van der Waals surface area contributed by atoms with Crippen LogP contribution in [0.4, 0.5) is 0 Å². The first kappa shape index (κ1) is 18.7. The first-order chi connectivity index (χ1) is 13.3. The zero-order valence-corrected chi connectivity index (χ0v) is 16.6. The van der Waals surface area contributed by atoms with Gasteiger partial charge in [-0.15, -0.1) is 0 Å². The fourth-order valence-corrected chi connectivity index (χ4v) is 4.50. The molecule has 0 spiro atoms. The predicted molar refractivity (Wildman–Crippen MR) is 104 cm³/mol. The van der Waals surface area contributed by atoms with Crippen molar-refractivity contribution in [1.82, 2.24) is 14.7 Å². The standard InChI is InChI=1S/C21H26N4O3/c1-12-9-17-19(13(2)28-12)23-24(3)20(17)21(27)25-8-7-16-14(10-18(22)26)5-4-6-15(16)11-25/h4-6,12-13H,7-11H2,1-3H3,(H2,22,26)/t12-,13+/m1/s1. The van der Waals surface area contributed by atoms with Crippen molar-refractivity contribution in [3.8, 4) is 0 Å². The Morgan fingerprint density at radius 1 is 1.29 bits per heavy atom. The van der Waals surface area contributed by atoms with Crippen molar-refractivity contribution in [3.63, 3.8) is 0 Å². The number of carbonyl (C=O) groups excluding carboxylic acids is 2. The Kier molecular flexibility index (Phi) is 4.71. The molecule has 1 aromatic carbocycles. The van der Waals surface area contributed by atoms with Gasteiger partial charge in [0, 0.05) is 32.1 Å². The molecule has 2 atom stereocenters. The van der Waals surface area contributed by atoms with Crippen LogP contribution in [0.3, 0.4) is 0 Å². The number of nitrogens with two attached hydrogens (primary N) is 1. The lowest BCUT2D eigenvalue weighted by Gasteiger charge is -2.31. The summed E-state index contributed by atoms with van der Waals surface area (Å²) in [4.78, 5) is 26.6. The lowest BCUT2D eigenvalue weighted by molar-refractivity contribution is -0.117. The van der Waals surface area contributed by atoms with Crippen LogP contribution in [0.25, 0.3) is 0 Å². The Bertz CT molecular complexity index is 949. The van der Waals surface area contributed by atoms with Crippen LogP contribution in [0, 0.1) is 0 Å². The van der Waals surface area contributed by atoms with Crippen LogP contribution in [-0.4, -0.2) is 39.1 Å².